The van der Waals surface area contributed by atoms with Crippen molar-refractivity contribution in [3.05, 3.63) is 72.1 Å². The van der Waals surface area contributed by atoms with Crippen LogP contribution in [0.4, 0.5) is 0 Å². The second kappa shape index (κ2) is 17.0. The minimum absolute atomic E-state index is 0.111. The third kappa shape index (κ3) is 7.68. The molecule has 2 saturated carbocycles. The van der Waals surface area contributed by atoms with E-state index in [9.17, 15) is 24.0 Å². The Morgan fingerprint density at radius 1 is 0.700 bits per heavy atom. The van der Waals surface area contributed by atoms with Gasteiger partial charge in [0, 0.05) is 65.8 Å². The summed E-state index contributed by atoms with van der Waals surface area (Å²) in [4.78, 5) is 84.2. The average molecular weight is 818 g/mol. The maximum Gasteiger partial charge on any atom is 0.246 e. The summed E-state index contributed by atoms with van der Waals surface area (Å²) in [7, 11) is 0. The quantitative estimate of drug-likeness (QED) is 0.155. The molecule has 318 valence electrons. The first kappa shape index (κ1) is 40.2. The lowest BCUT2D eigenvalue weighted by molar-refractivity contribution is -0.149. The van der Waals surface area contributed by atoms with Crippen LogP contribution in [0, 0.1) is 5.92 Å². The molecule has 4 aromatic rings. The highest BCUT2D eigenvalue weighted by Crippen LogP contribution is 2.41. The van der Waals surface area contributed by atoms with Gasteiger partial charge in [0.15, 0.2) is 0 Å². The predicted molar refractivity (Wildman–Crippen MR) is 228 cm³/mol. The molecule has 0 radical (unpaired) electrons. The SMILES string of the molecule is NCCC1NCC(Cc2c[nH]c3ccccc23)NC(=O)C2(CCCC2)NC(=O)C(Cc2c[nH]c3ccccc23)NC(=O)C2CC3CCCCC3N2C(=O)C2CCCN2C1=O. The van der Waals surface area contributed by atoms with Crippen molar-refractivity contribution in [1.82, 2.24) is 41.0 Å². The Morgan fingerprint density at radius 2 is 1.38 bits per heavy atom. The molecule has 2 aliphatic carbocycles. The molecule has 14 nitrogen and oxygen atoms in total. The van der Waals surface area contributed by atoms with Crippen molar-refractivity contribution in [3.8, 4) is 0 Å². The molecule has 0 bridgehead atoms. The molecule has 2 aromatic carbocycles. The van der Waals surface area contributed by atoms with Crippen molar-refractivity contribution in [3.63, 3.8) is 0 Å². The van der Waals surface area contributed by atoms with E-state index in [1.807, 2.05) is 60.9 Å². The lowest BCUT2D eigenvalue weighted by Crippen LogP contribution is -2.64. The number of nitrogens with one attached hydrogen (secondary N) is 6. The summed E-state index contributed by atoms with van der Waals surface area (Å²) in [6.07, 6.45) is 12.6. The Hall–Kier alpha value is -5.21. The summed E-state index contributed by atoms with van der Waals surface area (Å²) < 4.78 is 0. The number of nitrogens with two attached hydrogens (primary N) is 1. The molecule has 2 aromatic heterocycles. The van der Waals surface area contributed by atoms with Gasteiger partial charge in [-0.2, -0.15) is 0 Å². The lowest BCUT2D eigenvalue weighted by Gasteiger charge is -2.38. The first-order chi connectivity index (χ1) is 29.2. The maximum atomic E-state index is 15.0. The Kier molecular flexibility index (Phi) is 11.4. The third-order valence-electron chi connectivity index (χ3n) is 14.3. The number of H-pyrrole nitrogens is 2. The molecule has 3 saturated heterocycles. The van der Waals surface area contributed by atoms with Crippen LogP contribution in [0.1, 0.15) is 88.2 Å². The molecule has 5 heterocycles. The summed E-state index contributed by atoms with van der Waals surface area (Å²) in [6, 6.07) is 12.1. The van der Waals surface area contributed by atoms with Gasteiger partial charge < -0.3 is 46.8 Å². The highest BCUT2D eigenvalue weighted by Gasteiger charge is 2.52. The van der Waals surface area contributed by atoms with Gasteiger partial charge in [-0.15, -0.1) is 0 Å². The second-order valence-corrected chi connectivity index (χ2v) is 18.0. The molecule has 5 amide bonds. The van der Waals surface area contributed by atoms with E-state index in [-0.39, 0.29) is 55.1 Å². The Labute approximate surface area is 350 Å². The summed E-state index contributed by atoms with van der Waals surface area (Å²) in [5, 5.41) is 15.2. The van der Waals surface area contributed by atoms with Crippen molar-refractivity contribution in [1.29, 1.82) is 0 Å². The zero-order chi connectivity index (χ0) is 41.4. The fraction of sp³-hybridized carbons (Fsp3) is 0.543. The van der Waals surface area contributed by atoms with Crippen LogP contribution in [0.25, 0.3) is 21.8 Å². The molecular weight excluding hydrogens is 759 g/mol. The molecule has 5 aliphatic rings. The number of rotatable bonds is 6. The van der Waals surface area contributed by atoms with Crippen molar-refractivity contribution < 1.29 is 24.0 Å². The highest BCUT2D eigenvalue weighted by atomic mass is 16.2. The Bertz CT molecular complexity index is 2240. The van der Waals surface area contributed by atoms with Crippen LogP contribution in [-0.4, -0.2) is 111 Å². The number of hydrogen-bond acceptors (Lipinski definition) is 7. The summed E-state index contributed by atoms with van der Waals surface area (Å²) >= 11 is 0. The first-order valence-corrected chi connectivity index (χ1v) is 22.3. The first-order valence-electron chi connectivity index (χ1n) is 22.3. The second-order valence-electron chi connectivity index (χ2n) is 18.0. The van der Waals surface area contributed by atoms with E-state index in [0.29, 0.717) is 51.5 Å². The van der Waals surface area contributed by atoms with E-state index in [2.05, 4.69) is 31.2 Å². The van der Waals surface area contributed by atoms with Gasteiger partial charge in [0.05, 0.1) is 6.04 Å². The average Bonchev–Trinajstić information content (AvgIpc) is 4.12. The van der Waals surface area contributed by atoms with E-state index in [1.165, 1.54) is 0 Å². The number of fused-ring (bicyclic) bond motifs is 6. The van der Waals surface area contributed by atoms with Crippen molar-refractivity contribution in [2.45, 2.75) is 132 Å². The van der Waals surface area contributed by atoms with Gasteiger partial charge in [-0.25, -0.2) is 0 Å². The number of hydrogen-bond donors (Lipinski definition) is 7. The molecule has 3 aliphatic heterocycles. The molecule has 5 fully saturated rings. The van der Waals surface area contributed by atoms with Crippen LogP contribution in [-0.2, 0) is 36.8 Å². The molecular formula is C46H59N9O5. The number of nitrogens with zero attached hydrogens (tertiary/aromatic N) is 2. The molecule has 60 heavy (non-hydrogen) atoms. The van der Waals surface area contributed by atoms with E-state index in [1.54, 1.807) is 9.80 Å². The molecule has 14 heteroatoms. The fourth-order valence-corrected chi connectivity index (χ4v) is 11.2. The number of aromatic amines is 2. The van der Waals surface area contributed by atoms with Crippen LogP contribution in [0.2, 0.25) is 0 Å². The van der Waals surface area contributed by atoms with Crippen molar-refractivity contribution >= 4 is 51.3 Å². The topological polar surface area (TPSA) is 198 Å². The van der Waals surface area contributed by atoms with Gasteiger partial charge in [-0.05, 0) is 93.5 Å². The number of aromatic nitrogens is 2. The molecule has 9 rings (SSSR count). The maximum absolute atomic E-state index is 15.0. The zero-order valence-electron chi connectivity index (χ0n) is 34.3. The number of carbonyl (C=O) groups excluding carboxylic acids is 5. The number of amides is 5. The largest absolute Gasteiger partial charge is 0.361 e. The highest BCUT2D eigenvalue weighted by molar-refractivity contribution is 5.98. The molecule has 7 atom stereocenters. The number of carbonyl (C=O) groups is 5. The van der Waals surface area contributed by atoms with Crippen LogP contribution < -0.4 is 27.0 Å². The summed E-state index contributed by atoms with van der Waals surface area (Å²) in [5.74, 6) is -1.30. The monoisotopic (exact) mass is 817 g/mol. The van der Waals surface area contributed by atoms with Crippen LogP contribution >= 0.6 is 0 Å². The van der Waals surface area contributed by atoms with Gasteiger partial charge in [0.1, 0.15) is 23.7 Å². The van der Waals surface area contributed by atoms with Gasteiger partial charge in [0.25, 0.3) is 0 Å². The van der Waals surface area contributed by atoms with Crippen LogP contribution in [0.5, 0.6) is 0 Å². The summed E-state index contributed by atoms with van der Waals surface area (Å²) in [6.45, 7) is 0.944. The molecule has 1 spiro atoms. The van der Waals surface area contributed by atoms with Gasteiger partial charge in [-0.1, -0.05) is 62.1 Å². The van der Waals surface area contributed by atoms with Crippen LogP contribution in [0.15, 0.2) is 60.9 Å². The number of para-hydroxylation sites is 2. The normalized spacial score (nSPS) is 29.2. The lowest BCUT2D eigenvalue weighted by atomic mass is 9.84. The van der Waals surface area contributed by atoms with Gasteiger partial charge in [0.2, 0.25) is 29.5 Å². The summed E-state index contributed by atoms with van der Waals surface area (Å²) in [5.41, 5.74) is 8.70. The minimum Gasteiger partial charge on any atom is -0.361 e. The van der Waals surface area contributed by atoms with Crippen LogP contribution in [0.3, 0.4) is 0 Å². The van der Waals surface area contributed by atoms with E-state index in [0.717, 1.165) is 71.5 Å². The Morgan fingerprint density at radius 3 is 2.10 bits per heavy atom. The van der Waals surface area contributed by atoms with Crippen molar-refractivity contribution in [2.24, 2.45) is 11.7 Å². The van der Waals surface area contributed by atoms with E-state index < -0.39 is 41.7 Å². The Balaban J connectivity index is 1.10. The number of benzene rings is 2. The smallest absolute Gasteiger partial charge is 0.246 e. The minimum atomic E-state index is -1.20. The predicted octanol–water partition coefficient (Wildman–Crippen LogP) is 3.30. The van der Waals surface area contributed by atoms with Gasteiger partial charge in [-0.3, -0.25) is 24.0 Å². The van der Waals surface area contributed by atoms with Gasteiger partial charge >= 0.3 is 0 Å². The third-order valence-corrected chi connectivity index (χ3v) is 14.3. The molecule has 8 N–H and O–H groups in total. The van der Waals surface area contributed by atoms with E-state index in [4.69, 9.17) is 5.73 Å². The standard InChI is InChI=1S/C46H59N9O5/c47-20-17-36-43(58)54-21-9-16-39(54)44(59)55-38-15-6-1-10-28(38)24-40(55)42(57)52-37(23-30-26-49-35-14-5-3-12-33(30)35)41(56)53-46(18-7-8-19-46)45(60)51-31(27-50-36)22-29-25-48-34-13-4-2-11-32(29)34/h2-5,11-14,25-26,28,31,36-40,48-50H,1,6-10,15-24,27,47H2,(H,51,60)(H,52,57)(H,53,56). The fourth-order valence-electron chi connectivity index (χ4n) is 11.2. The van der Waals surface area contributed by atoms with E-state index >= 15 is 0 Å². The molecule has 7 unspecified atom stereocenters. The zero-order valence-corrected chi connectivity index (χ0v) is 34.3. The van der Waals surface area contributed by atoms with Crippen molar-refractivity contribution in [2.75, 3.05) is 19.6 Å².